The van der Waals surface area contributed by atoms with E-state index >= 15 is 0 Å². The van der Waals surface area contributed by atoms with Gasteiger partial charge in [0.1, 0.15) is 5.75 Å². The van der Waals surface area contributed by atoms with E-state index in [1.807, 2.05) is 6.92 Å². The molecule has 2 aromatic carbocycles. The maximum absolute atomic E-state index is 12.6. The zero-order valence-corrected chi connectivity index (χ0v) is 17.2. The van der Waals surface area contributed by atoms with Crippen LogP contribution < -0.4 is 26.4 Å². The van der Waals surface area contributed by atoms with E-state index in [4.69, 9.17) is 5.73 Å². The van der Waals surface area contributed by atoms with E-state index in [9.17, 15) is 18.4 Å². The number of hydrogen-bond donors (Lipinski definition) is 4. The average Bonchev–Trinajstić information content (AvgIpc) is 2.74. The molecule has 0 saturated heterocycles. The number of hydrogen-bond acceptors (Lipinski definition) is 4. The van der Waals surface area contributed by atoms with Crippen LogP contribution in [0.5, 0.6) is 5.75 Å². The first-order valence-electron chi connectivity index (χ1n) is 9.42. The number of ether oxygens (including phenoxy) is 1. The Hall–Kier alpha value is -3.69. The van der Waals surface area contributed by atoms with Crippen molar-refractivity contribution in [3.05, 3.63) is 64.7 Å². The van der Waals surface area contributed by atoms with E-state index in [1.165, 1.54) is 6.07 Å². The number of carbonyl (C=O) groups excluding carboxylic acids is 2. The first kappa shape index (κ1) is 23.6. The van der Waals surface area contributed by atoms with Gasteiger partial charge in [0, 0.05) is 31.3 Å². The van der Waals surface area contributed by atoms with Crippen molar-refractivity contribution in [2.45, 2.75) is 26.6 Å². The minimum Gasteiger partial charge on any atom is -0.434 e. The van der Waals surface area contributed by atoms with Crippen LogP contribution in [0, 0.1) is 6.92 Å². The van der Waals surface area contributed by atoms with Gasteiger partial charge in [0.05, 0.1) is 6.54 Å². The van der Waals surface area contributed by atoms with E-state index in [0.717, 1.165) is 11.1 Å². The number of primary amides is 1. The third kappa shape index (κ3) is 7.92. The summed E-state index contributed by atoms with van der Waals surface area (Å²) in [6.07, 6.45) is 0. The van der Waals surface area contributed by atoms with Crippen LogP contribution in [0.2, 0.25) is 0 Å². The Morgan fingerprint density at radius 1 is 1.06 bits per heavy atom. The lowest BCUT2D eigenvalue weighted by Crippen LogP contribution is -2.36. The SMILES string of the molecule is CN=C(NCc1ccc(C(=O)NCC(N)=O)cc1)NCc1cc(C)ccc1OC(F)F. The van der Waals surface area contributed by atoms with Gasteiger partial charge in [-0.15, -0.1) is 0 Å². The Bertz CT molecular complexity index is 933. The Morgan fingerprint density at radius 3 is 2.35 bits per heavy atom. The molecule has 0 spiro atoms. The summed E-state index contributed by atoms with van der Waals surface area (Å²) in [6.45, 7) is -0.616. The molecule has 166 valence electrons. The fourth-order valence-corrected chi connectivity index (χ4v) is 2.69. The van der Waals surface area contributed by atoms with Crippen LogP contribution in [0.15, 0.2) is 47.5 Å². The van der Waals surface area contributed by atoms with E-state index < -0.39 is 18.4 Å². The quantitative estimate of drug-likeness (QED) is 0.355. The predicted molar refractivity (Wildman–Crippen MR) is 113 cm³/mol. The van der Waals surface area contributed by atoms with Crippen LogP contribution in [0.4, 0.5) is 8.78 Å². The lowest BCUT2D eigenvalue weighted by molar-refractivity contribution is -0.117. The number of aliphatic imine (C=N–C) groups is 1. The molecule has 0 heterocycles. The number of benzene rings is 2. The molecule has 0 bridgehead atoms. The summed E-state index contributed by atoms with van der Waals surface area (Å²) in [5.74, 6) is -0.441. The molecule has 0 fully saturated rings. The van der Waals surface area contributed by atoms with Gasteiger partial charge < -0.3 is 26.4 Å². The molecule has 0 aliphatic carbocycles. The molecule has 0 radical (unpaired) electrons. The number of guanidine groups is 1. The third-order valence-corrected chi connectivity index (χ3v) is 4.20. The summed E-state index contributed by atoms with van der Waals surface area (Å²) >= 11 is 0. The largest absolute Gasteiger partial charge is 0.434 e. The smallest absolute Gasteiger partial charge is 0.387 e. The van der Waals surface area contributed by atoms with Crippen molar-refractivity contribution in [2.75, 3.05) is 13.6 Å². The van der Waals surface area contributed by atoms with E-state index in [2.05, 4.69) is 25.7 Å². The van der Waals surface area contributed by atoms with Crippen molar-refractivity contribution in [1.29, 1.82) is 0 Å². The molecule has 0 atom stereocenters. The second kappa shape index (κ2) is 11.5. The van der Waals surface area contributed by atoms with Gasteiger partial charge in [-0.05, 0) is 30.7 Å². The van der Waals surface area contributed by atoms with Gasteiger partial charge in [0.15, 0.2) is 5.96 Å². The lowest BCUT2D eigenvalue weighted by Gasteiger charge is -2.15. The van der Waals surface area contributed by atoms with Crippen LogP contribution in [-0.4, -0.2) is 38.0 Å². The second-order valence-electron chi connectivity index (χ2n) is 6.61. The van der Waals surface area contributed by atoms with E-state index in [-0.39, 0.29) is 18.8 Å². The van der Waals surface area contributed by atoms with Gasteiger partial charge >= 0.3 is 6.61 Å². The van der Waals surface area contributed by atoms with Crippen molar-refractivity contribution in [2.24, 2.45) is 10.7 Å². The lowest BCUT2D eigenvalue weighted by atomic mass is 10.1. The standard InChI is InChI=1S/C21H25F2N5O3/c1-13-3-8-17(31-20(22)23)16(9-13)11-28-21(25-2)27-10-14-4-6-15(7-5-14)19(30)26-12-18(24)29/h3-9,20H,10-12H2,1-2H3,(H2,24,29)(H,26,30)(H2,25,27,28). The van der Waals surface area contributed by atoms with Crippen LogP contribution in [0.3, 0.4) is 0 Å². The number of aryl methyl sites for hydroxylation is 1. The number of rotatable bonds is 9. The van der Waals surface area contributed by atoms with Crippen molar-refractivity contribution < 1.29 is 23.1 Å². The highest BCUT2D eigenvalue weighted by atomic mass is 19.3. The van der Waals surface area contributed by atoms with E-state index in [0.29, 0.717) is 23.6 Å². The average molecular weight is 433 g/mol. The maximum Gasteiger partial charge on any atom is 0.387 e. The minimum absolute atomic E-state index is 0.105. The molecule has 0 unspecified atom stereocenters. The van der Waals surface area contributed by atoms with Gasteiger partial charge in [0.2, 0.25) is 5.91 Å². The van der Waals surface area contributed by atoms with Crippen LogP contribution in [-0.2, 0) is 17.9 Å². The molecule has 0 aliphatic rings. The van der Waals surface area contributed by atoms with Crippen LogP contribution in [0.1, 0.15) is 27.0 Å². The normalized spacial score (nSPS) is 11.2. The molecule has 2 amide bonds. The number of nitrogens with one attached hydrogen (secondary N) is 3. The minimum atomic E-state index is -2.90. The summed E-state index contributed by atoms with van der Waals surface area (Å²) < 4.78 is 29.8. The molecular weight excluding hydrogens is 408 g/mol. The monoisotopic (exact) mass is 433 g/mol. The molecule has 2 aromatic rings. The molecule has 5 N–H and O–H groups in total. The summed E-state index contributed by atoms with van der Waals surface area (Å²) in [6, 6.07) is 11.7. The highest BCUT2D eigenvalue weighted by molar-refractivity contribution is 5.96. The molecule has 0 aliphatic heterocycles. The van der Waals surface area contributed by atoms with Crippen LogP contribution in [0.25, 0.3) is 0 Å². The van der Waals surface area contributed by atoms with Crippen molar-refractivity contribution in [3.8, 4) is 5.75 Å². The molecule has 0 aromatic heterocycles. The Balaban J connectivity index is 1.91. The van der Waals surface area contributed by atoms with Crippen molar-refractivity contribution in [3.63, 3.8) is 0 Å². The number of halogens is 2. The number of nitrogens with zero attached hydrogens (tertiary/aromatic N) is 1. The van der Waals surface area contributed by atoms with E-state index in [1.54, 1.807) is 43.4 Å². The summed E-state index contributed by atoms with van der Waals surface area (Å²) in [5, 5.41) is 8.58. The molecule has 31 heavy (non-hydrogen) atoms. The maximum atomic E-state index is 12.6. The molecular formula is C21H25F2N5O3. The van der Waals surface area contributed by atoms with Gasteiger partial charge in [-0.25, -0.2) is 0 Å². The topological polar surface area (TPSA) is 118 Å². The summed E-state index contributed by atoms with van der Waals surface area (Å²) in [5.41, 5.74) is 7.78. The van der Waals surface area contributed by atoms with Gasteiger partial charge in [-0.3, -0.25) is 14.6 Å². The first-order chi connectivity index (χ1) is 14.8. The summed E-state index contributed by atoms with van der Waals surface area (Å²) in [4.78, 5) is 26.7. The molecule has 10 heteroatoms. The highest BCUT2D eigenvalue weighted by Crippen LogP contribution is 2.22. The Morgan fingerprint density at radius 2 is 1.74 bits per heavy atom. The number of alkyl halides is 2. The second-order valence-corrected chi connectivity index (χ2v) is 6.61. The van der Waals surface area contributed by atoms with Crippen molar-refractivity contribution in [1.82, 2.24) is 16.0 Å². The molecule has 2 rings (SSSR count). The fraction of sp³-hybridized carbons (Fsp3) is 0.286. The number of carbonyl (C=O) groups is 2. The Labute approximate surface area is 178 Å². The zero-order chi connectivity index (χ0) is 22.8. The molecule has 0 saturated carbocycles. The third-order valence-electron chi connectivity index (χ3n) is 4.20. The summed E-state index contributed by atoms with van der Waals surface area (Å²) in [7, 11) is 1.59. The van der Waals surface area contributed by atoms with Gasteiger partial charge in [-0.2, -0.15) is 8.78 Å². The zero-order valence-electron chi connectivity index (χ0n) is 17.2. The molecule has 8 nitrogen and oxygen atoms in total. The number of nitrogens with two attached hydrogens (primary N) is 1. The Kier molecular flexibility index (Phi) is 8.74. The number of amides is 2. The van der Waals surface area contributed by atoms with Crippen molar-refractivity contribution >= 4 is 17.8 Å². The highest BCUT2D eigenvalue weighted by Gasteiger charge is 2.11. The first-order valence-corrected chi connectivity index (χ1v) is 9.42. The van der Waals surface area contributed by atoms with Crippen LogP contribution >= 0.6 is 0 Å². The fourth-order valence-electron chi connectivity index (χ4n) is 2.69. The van der Waals surface area contributed by atoms with Gasteiger partial charge in [-0.1, -0.05) is 29.8 Å². The predicted octanol–water partition coefficient (Wildman–Crippen LogP) is 1.68. The van der Waals surface area contributed by atoms with Gasteiger partial charge in [0.25, 0.3) is 5.91 Å².